The summed E-state index contributed by atoms with van der Waals surface area (Å²) >= 11 is 2.93. The predicted octanol–water partition coefficient (Wildman–Crippen LogP) is 0.691. The van der Waals surface area contributed by atoms with Gasteiger partial charge in [-0.15, -0.1) is 11.3 Å². The van der Waals surface area contributed by atoms with Gasteiger partial charge in [-0.1, -0.05) is 0 Å². The molecule has 0 aliphatic carbocycles. The van der Waals surface area contributed by atoms with E-state index in [1.54, 1.807) is 18.7 Å². The van der Waals surface area contributed by atoms with Crippen molar-refractivity contribution in [2.24, 2.45) is 5.73 Å². The van der Waals surface area contributed by atoms with Crippen LogP contribution in [0, 0.1) is 6.92 Å². The van der Waals surface area contributed by atoms with Gasteiger partial charge >= 0.3 is 0 Å². The first kappa shape index (κ1) is 15.8. The van der Waals surface area contributed by atoms with E-state index in [1.807, 2.05) is 0 Å². The quantitative estimate of drug-likeness (QED) is 0.844. The lowest BCUT2D eigenvalue weighted by atomic mass is 10.4. The summed E-state index contributed by atoms with van der Waals surface area (Å²) in [5.41, 5.74) is 5.77. The minimum Gasteiger partial charge on any atom is -0.324 e. The van der Waals surface area contributed by atoms with Crippen molar-refractivity contribution in [3.05, 3.63) is 10.9 Å². The van der Waals surface area contributed by atoms with Crippen LogP contribution in [0.3, 0.4) is 0 Å². The number of rotatable bonds is 4. The number of thiophene rings is 1. The molecular formula is C11H17N3O3S3. The van der Waals surface area contributed by atoms with Crippen molar-refractivity contribution in [3.63, 3.8) is 0 Å². The SMILES string of the molecule is Cc1sc(S(=O)(=O)N2CCSCC2)cc1NC(=O)CN. The summed E-state index contributed by atoms with van der Waals surface area (Å²) in [6.07, 6.45) is 0. The van der Waals surface area contributed by atoms with Crippen LogP contribution in [-0.4, -0.2) is 49.8 Å². The zero-order valence-corrected chi connectivity index (χ0v) is 13.5. The molecule has 1 saturated heterocycles. The Morgan fingerprint density at radius 3 is 2.70 bits per heavy atom. The highest BCUT2D eigenvalue weighted by Gasteiger charge is 2.28. The fraction of sp³-hybridized carbons (Fsp3) is 0.545. The van der Waals surface area contributed by atoms with Gasteiger partial charge in [0.25, 0.3) is 10.0 Å². The maximum absolute atomic E-state index is 12.5. The van der Waals surface area contributed by atoms with E-state index < -0.39 is 10.0 Å². The van der Waals surface area contributed by atoms with E-state index in [9.17, 15) is 13.2 Å². The second-order valence-corrected chi connectivity index (χ2v) is 8.95. The molecule has 1 aromatic rings. The summed E-state index contributed by atoms with van der Waals surface area (Å²) < 4.78 is 26.8. The number of hydrogen-bond donors (Lipinski definition) is 2. The van der Waals surface area contributed by atoms with Crippen LogP contribution in [-0.2, 0) is 14.8 Å². The molecule has 2 rings (SSSR count). The number of hydrogen-bond acceptors (Lipinski definition) is 6. The van der Waals surface area contributed by atoms with Gasteiger partial charge in [-0.05, 0) is 13.0 Å². The van der Waals surface area contributed by atoms with Crippen LogP contribution in [0.1, 0.15) is 4.88 Å². The molecule has 0 bridgehead atoms. The van der Waals surface area contributed by atoms with E-state index in [0.29, 0.717) is 18.8 Å². The van der Waals surface area contributed by atoms with Crippen LogP contribution in [0.2, 0.25) is 0 Å². The van der Waals surface area contributed by atoms with Crippen molar-refractivity contribution in [3.8, 4) is 0 Å². The Labute approximate surface area is 126 Å². The molecule has 0 spiro atoms. The Bertz CT molecular complexity index is 591. The maximum Gasteiger partial charge on any atom is 0.252 e. The number of nitrogens with zero attached hydrogens (tertiary/aromatic N) is 1. The summed E-state index contributed by atoms with van der Waals surface area (Å²) in [6, 6.07) is 1.52. The lowest BCUT2D eigenvalue weighted by Gasteiger charge is -2.24. The molecule has 1 aliphatic rings. The van der Waals surface area contributed by atoms with Crippen molar-refractivity contribution in [2.75, 3.05) is 36.5 Å². The molecule has 1 fully saturated rings. The van der Waals surface area contributed by atoms with Gasteiger partial charge in [0, 0.05) is 29.5 Å². The summed E-state index contributed by atoms with van der Waals surface area (Å²) in [7, 11) is -3.45. The summed E-state index contributed by atoms with van der Waals surface area (Å²) in [4.78, 5) is 12.1. The van der Waals surface area contributed by atoms with Crippen LogP contribution < -0.4 is 11.1 Å². The Balaban J connectivity index is 2.24. The number of sulfonamides is 1. The average Bonchev–Trinajstić information content (AvgIpc) is 2.81. The van der Waals surface area contributed by atoms with Crippen molar-refractivity contribution in [2.45, 2.75) is 11.1 Å². The number of carbonyl (C=O) groups excluding carboxylic acids is 1. The fourth-order valence-electron chi connectivity index (χ4n) is 1.82. The minimum absolute atomic E-state index is 0.124. The molecule has 6 nitrogen and oxygen atoms in total. The van der Waals surface area contributed by atoms with E-state index in [1.165, 1.54) is 21.7 Å². The normalized spacial score (nSPS) is 17.1. The Morgan fingerprint density at radius 1 is 1.45 bits per heavy atom. The van der Waals surface area contributed by atoms with Gasteiger partial charge in [0.2, 0.25) is 5.91 Å². The molecule has 9 heteroatoms. The lowest BCUT2D eigenvalue weighted by molar-refractivity contribution is -0.114. The molecule has 1 aromatic heterocycles. The third-order valence-corrected chi connectivity index (χ3v) is 7.26. The molecule has 3 N–H and O–H groups in total. The fourth-order valence-corrected chi connectivity index (χ4v) is 5.95. The summed E-state index contributed by atoms with van der Waals surface area (Å²) in [5, 5.41) is 2.61. The standard InChI is InChI=1S/C11H17N3O3S3/c1-8-9(13-10(15)7-12)6-11(19-8)20(16,17)14-2-4-18-5-3-14/h6H,2-5,7,12H2,1H3,(H,13,15). The Kier molecular flexibility index (Phi) is 5.08. The number of nitrogens with two attached hydrogens (primary N) is 1. The second-order valence-electron chi connectivity index (χ2n) is 4.30. The lowest BCUT2D eigenvalue weighted by Crippen LogP contribution is -2.37. The summed E-state index contributed by atoms with van der Waals surface area (Å²) in [6.45, 7) is 2.73. The van der Waals surface area contributed by atoms with Crippen molar-refractivity contribution >= 4 is 44.7 Å². The number of amides is 1. The van der Waals surface area contributed by atoms with E-state index in [-0.39, 0.29) is 16.7 Å². The number of anilines is 1. The highest BCUT2D eigenvalue weighted by molar-refractivity contribution is 7.99. The number of nitrogens with one attached hydrogen (secondary N) is 1. The van der Waals surface area contributed by atoms with Gasteiger partial charge in [0.15, 0.2) is 0 Å². The molecular weight excluding hydrogens is 318 g/mol. The van der Waals surface area contributed by atoms with Gasteiger partial charge < -0.3 is 11.1 Å². The van der Waals surface area contributed by atoms with Crippen molar-refractivity contribution in [1.29, 1.82) is 0 Å². The van der Waals surface area contributed by atoms with Gasteiger partial charge in [0.1, 0.15) is 4.21 Å². The zero-order chi connectivity index (χ0) is 14.8. The van der Waals surface area contributed by atoms with Crippen LogP contribution in [0.25, 0.3) is 0 Å². The van der Waals surface area contributed by atoms with Gasteiger partial charge in [-0.2, -0.15) is 16.1 Å². The Morgan fingerprint density at radius 2 is 2.10 bits per heavy atom. The molecule has 0 aromatic carbocycles. The van der Waals surface area contributed by atoms with Gasteiger partial charge in [-0.3, -0.25) is 4.79 Å². The molecule has 1 amide bonds. The highest BCUT2D eigenvalue weighted by atomic mass is 32.2. The van der Waals surface area contributed by atoms with Crippen molar-refractivity contribution in [1.82, 2.24) is 4.31 Å². The molecule has 0 radical (unpaired) electrons. The van der Waals surface area contributed by atoms with Crippen molar-refractivity contribution < 1.29 is 13.2 Å². The first-order valence-electron chi connectivity index (χ1n) is 6.13. The van der Waals surface area contributed by atoms with Gasteiger partial charge in [0.05, 0.1) is 12.2 Å². The minimum atomic E-state index is -3.45. The topological polar surface area (TPSA) is 92.5 Å². The molecule has 0 unspecified atom stereocenters. The Hall–Kier alpha value is -0.610. The second kappa shape index (κ2) is 6.44. The predicted molar refractivity (Wildman–Crippen MR) is 82.8 cm³/mol. The molecule has 112 valence electrons. The van der Waals surface area contributed by atoms with Gasteiger partial charge in [-0.25, -0.2) is 8.42 Å². The smallest absolute Gasteiger partial charge is 0.252 e. The third-order valence-electron chi connectivity index (χ3n) is 2.92. The van der Waals surface area contributed by atoms with E-state index in [2.05, 4.69) is 5.32 Å². The number of carbonyl (C=O) groups is 1. The van der Waals surface area contributed by atoms with E-state index >= 15 is 0 Å². The molecule has 2 heterocycles. The van der Waals surface area contributed by atoms with E-state index in [0.717, 1.165) is 16.4 Å². The first-order chi connectivity index (χ1) is 9.45. The third kappa shape index (κ3) is 3.34. The molecule has 1 aliphatic heterocycles. The van der Waals surface area contributed by atoms with Crippen LogP contribution in [0.4, 0.5) is 5.69 Å². The highest BCUT2D eigenvalue weighted by Crippen LogP contribution is 2.32. The van der Waals surface area contributed by atoms with Crippen LogP contribution >= 0.6 is 23.1 Å². The molecule has 0 atom stereocenters. The molecule has 0 saturated carbocycles. The first-order valence-corrected chi connectivity index (χ1v) is 9.54. The molecule has 20 heavy (non-hydrogen) atoms. The maximum atomic E-state index is 12.5. The number of aryl methyl sites for hydroxylation is 1. The van der Waals surface area contributed by atoms with E-state index in [4.69, 9.17) is 5.73 Å². The van der Waals surface area contributed by atoms with Crippen LogP contribution in [0.15, 0.2) is 10.3 Å². The zero-order valence-electron chi connectivity index (χ0n) is 11.1. The average molecular weight is 335 g/mol. The monoisotopic (exact) mass is 335 g/mol. The number of thioether (sulfide) groups is 1. The summed E-state index contributed by atoms with van der Waals surface area (Å²) in [5.74, 6) is 1.31. The van der Waals surface area contributed by atoms with Crippen LogP contribution in [0.5, 0.6) is 0 Å². The largest absolute Gasteiger partial charge is 0.324 e.